The smallest absolute Gasteiger partial charge is 0.298 e. The molecule has 252 valence electrons. The molecule has 0 spiro atoms. The van der Waals surface area contributed by atoms with Crippen LogP contribution in [0.25, 0.3) is 63.1 Å². The first-order chi connectivity index (χ1) is 24.6. The monoisotopic (exact) mass is 717 g/mol. The van der Waals surface area contributed by atoms with Gasteiger partial charge in [0, 0.05) is 54.6 Å². The second kappa shape index (κ2) is 15.4. The van der Waals surface area contributed by atoms with Gasteiger partial charge in [-0.3, -0.25) is 19.6 Å². The molecule has 0 aliphatic heterocycles. The van der Waals surface area contributed by atoms with E-state index in [1.54, 1.807) is 41.8 Å². The third-order valence-corrected chi connectivity index (χ3v) is 12.2. The minimum absolute atomic E-state index is 0.297. The van der Waals surface area contributed by atoms with Gasteiger partial charge >= 0.3 is 0 Å². The fourth-order valence-corrected chi connectivity index (χ4v) is 9.68. The number of carbonyl (C=O) groups is 2. The van der Waals surface area contributed by atoms with Crippen LogP contribution in [0.2, 0.25) is 0 Å². The number of pyridine rings is 3. The molecule has 0 atom stereocenters. The summed E-state index contributed by atoms with van der Waals surface area (Å²) < 4.78 is 13.1. The summed E-state index contributed by atoms with van der Waals surface area (Å²) in [5, 5.41) is 5.15. The number of rotatable bonds is 15. The molecule has 7 aromatic rings. The third-order valence-electron chi connectivity index (χ3n) is 8.72. The summed E-state index contributed by atoms with van der Waals surface area (Å²) in [6, 6.07) is 19.6. The molecule has 0 saturated heterocycles. The van der Waals surface area contributed by atoms with Crippen molar-refractivity contribution in [2.24, 2.45) is 0 Å². The molecule has 0 amide bonds. The largest absolute Gasteiger partial charge is 0.429 e. The van der Waals surface area contributed by atoms with E-state index in [9.17, 15) is 9.59 Å². The second-order valence-corrected chi connectivity index (χ2v) is 15.1. The van der Waals surface area contributed by atoms with Crippen molar-refractivity contribution in [2.45, 2.75) is 58.8 Å². The molecule has 10 heteroatoms. The first-order valence-corrected chi connectivity index (χ1v) is 19.3. The molecule has 6 heterocycles. The highest BCUT2D eigenvalue weighted by atomic mass is 32.1. The summed E-state index contributed by atoms with van der Waals surface area (Å²) in [6.07, 6.45) is 11.6. The van der Waals surface area contributed by atoms with E-state index in [2.05, 4.69) is 53.5 Å². The lowest BCUT2D eigenvalue weighted by molar-refractivity contribution is -0.121. The van der Waals surface area contributed by atoms with Gasteiger partial charge in [0.25, 0.3) is 12.9 Å². The Labute approximate surface area is 302 Å². The van der Waals surface area contributed by atoms with E-state index in [0.29, 0.717) is 47.2 Å². The predicted octanol–water partition coefficient (Wildman–Crippen LogP) is 11.2. The van der Waals surface area contributed by atoms with Gasteiger partial charge < -0.3 is 9.47 Å². The number of unbranched alkanes of at least 4 members (excludes halogenated alkanes) is 3. The quantitative estimate of drug-likeness (QED) is 0.0770. The van der Waals surface area contributed by atoms with Crippen molar-refractivity contribution >= 4 is 67.1 Å². The number of thiophene rings is 3. The number of benzene rings is 1. The van der Waals surface area contributed by atoms with E-state index in [-0.39, 0.29) is 0 Å². The van der Waals surface area contributed by atoms with Crippen LogP contribution in [0, 0.1) is 0 Å². The Morgan fingerprint density at radius 3 is 2.08 bits per heavy atom. The SMILES string of the molecule is CCCCCc1c2ccsc2c(CCCC)c2cc(-c3ccc(-c4ccnc(-c5cc(OC=O)cc(-c6cc(OC=O)ccn6)n5)c4)s3)sc12. The summed E-state index contributed by atoms with van der Waals surface area (Å²) in [5.74, 6) is 0.623. The van der Waals surface area contributed by atoms with Crippen LogP contribution < -0.4 is 9.47 Å². The second-order valence-electron chi connectivity index (χ2n) is 12.0. The molecule has 0 saturated carbocycles. The standard InChI is InChI=1S/C40H35N3O4S3/c1-3-5-7-9-28-30-14-17-48-39(30)29(8-6-4-2)31-22-38(50-40(28)31)37-11-10-36(49-37)25-12-15-41-32(18-25)34-20-27(47-24-45)21-35(43-34)33-19-26(46-23-44)13-16-42-33/h10-24H,3-9H2,1-2H3. The topological polar surface area (TPSA) is 91.3 Å². The van der Waals surface area contributed by atoms with Gasteiger partial charge in [0.15, 0.2) is 0 Å². The molecule has 0 radical (unpaired) electrons. The Bertz CT molecular complexity index is 2300. The molecule has 7 rings (SSSR count). The molecule has 0 fully saturated rings. The van der Waals surface area contributed by atoms with E-state index in [1.807, 2.05) is 34.8 Å². The summed E-state index contributed by atoms with van der Waals surface area (Å²) >= 11 is 5.60. The van der Waals surface area contributed by atoms with Gasteiger partial charge in [-0.15, -0.1) is 34.0 Å². The van der Waals surface area contributed by atoms with Crippen LogP contribution in [-0.2, 0) is 22.4 Å². The van der Waals surface area contributed by atoms with Gasteiger partial charge in [-0.25, -0.2) is 4.98 Å². The number of nitrogens with zero attached hydrogens (tertiary/aromatic N) is 3. The maximum absolute atomic E-state index is 11.3. The highest BCUT2D eigenvalue weighted by Crippen LogP contribution is 2.46. The number of aromatic nitrogens is 3. The molecule has 0 aliphatic carbocycles. The molecule has 6 aromatic heterocycles. The summed E-state index contributed by atoms with van der Waals surface area (Å²) in [4.78, 5) is 39.6. The van der Waals surface area contributed by atoms with Crippen molar-refractivity contribution in [1.29, 1.82) is 0 Å². The van der Waals surface area contributed by atoms with Crippen molar-refractivity contribution in [3.63, 3.8) is 0 Å². The molecule has 1 aromatic carbocycles. The third kappa shape index (κ3) is 6.96. The van der Waals surface area contributed by atoms with Crippen LogP contribution in [0.4, 0.5) is 0 Å². The van der Waals surface area contributed by atoms with Crippen LogP contribution in [0.3, 0.4) is 0 Å². The normalized spacial score (nSPS) is 11.3. The van der Waals surface area contributed by atoms with Crippen LogP contribution in [0.15, 0.2) is 78.4 Å². The maximum atomic E-state index is 11.3. The molecule has 50 heavy (non-hydrogen) atoms. The van der Waals surface area contributed by atoms with Crippen molar-refractivity contribution in [3.8, 4) is 54.5 Å². The Morgan fingerprint density at radius 2 is 1.30 bits per heavy atom. The number of ether oxygens (including phenoxy) is 2. The maximum Gasteiger partial charge on any atom is 0.298 e. The number of carbonyl (C=O) groups excluding carboxylic acids is 2. The van der Waals surface area contributed by atoms with Crippen molar-refractivity contribution in [1.82, 2.24) is 15.0 Å². The summed E-state index contributed by atoms with van der Waals surface area (Å²) in [6.45, 7) is 5.27. The van der Waals surface area contributed by atoms with Gasteiger partial charge in [0.1, 0.15) is 11.5 Å². The van der Waals surface area contributed by atoms with Crippen LogP contribution >= 0.6 is 34.0 Å². The highest BCUT2D eigenvalue weighted by Gasteiger charge is 2.19. The first-order valence-electron chi connectivity index (χ1n) is 16.8. The lowest BCUT2D eigenvalue weighted by atomic mass is 9.95. The van der Waals surface area contributed by atoms with Gasteiger partial charge in [0.2, 0.25) is 0 Å². The Hall–Kier alpha value is -4.77. The summed E-state index contributed by atoms with van der Waals surface area (Å²) in [5.41, 5.74) is 6.07. The Morgan fingerprint density at radius 1 is 0.620 bits per heavy atom. The fourth-order valence-electron chi connectivity index (χ4n) is 6.31. The minimum atomic E-state index is 0.297. The van der Waals surface area contributed by atoms with Crippen LogP contribution in [0.5, 0.6) is 11.5 Å². The van der Waals surface area contributed by atoms with Crippen molar-refractivity contribution in [3.05, 3.63) is 89.6 Å². The first kappa shape index (κ1) is 33.7. The van der Waals surface area contributed by atoms with Crippen LogP contribution in [-0.4, -0.2) is 27.9 Å². The number of hydrogen-bond donors (Lipinski definition) is 0. The predicted molar refractivity (Wildman–Crippen MR) is 205 cm³/mol. The van der Waals surface area contributed by atoms with E-state index in [4.69, 9.17) is 14.5 Å². The molecule has 0 aliphatic rings. The Balaban J connectivity index is 1.25. The Kier molecular flexibility index (Phi) is 10.4. The molecule has 0 bridgehead atoms. The van der Waals surface area contributed by atoms with Gasteiger partial charge in [-0.2, -0.15) is 0 Å². The lowest BCUT2D eigenvalue weighted by Gasteiger charge is -2.11. The average molecular weight is 718 g/mol. The molecule has 7 nitrogen and oxygen atoms in total. The zero-order chi connectivity index (χ0) is 34.5. The minimum Gasteiger partial charge on any atom is -0.429 e. The van der Waals surface area contributed by atoms with Crippen LogP contribution in [0.1, 0.15) is 57.1 Å². The van der Waals surface area contributed by atoms with E-state index < -0.39 is 0 Å². The molecule has 0 N–H and O–H groups in total. The van der Waals surface area contributed by atoms with Gasteiger partial charge in [-0.05, 0) is 101 Å². The average Bonchev–Trinajstić information content (AvgIpc) is 3.92. The lowest BCUT2D eigenvalue weighted by Crippen LogP contribution is -1.97. The molecule has 0 unspecified atom stereocenters. The van der Waals surface area contributed by atoms with E-state index in [0.717, 1.165) is 23.3 Å². The van der Waals surface area contributed by atoms with Gasteiger partial charge in [0.05, 0.1) is 22.8 Å². The number of fused-ring (bicyclic) bond motifs is 2. The van der Waals surface area contributed by atoms with E-state index >= 15 is 0 Å². The fraction of sp³-hybridized carbons (Fsp3) is 0.225. The number of hydrogen-bond acceptors (Lipinski definition) is 10. The van der Waals surface area contributed by atoms with Gasteiger partial charge in [-0.1, -0.05) is 33.1 Å². The zero-order valence-electron chi connectivity index (χ0n) is 27.8. The number of aryl methyl sites for hydroxylation is 2. The molecular weight excluding hydrogens is 683 g/mol. The zero-order valence-corrected chi connectivity index (χ0v) is 30.3. The molecular formula is C40H35N3O4S3. The van der Waals surface area contributed by atoms with Crippen molar-refractivity contribution in [2.75, 3.05) is 0 Å². The summed E-state index contributed by atoms with van der Waals surface area (Å²) in [7, 11) is 0. The van der Waals surface area contributed by atoms with E-state index in [1.165, 1.54) is 79.4 Å². The van der Waals surface area contributed by atoms with Crippen molar-refractivity contribution < 1.29 is 19.1 Å². The highest BCUT2D eigenvalue weighted by molar-refractivity contribution is 7.27.